The molecule has 0 aromatic rings. The van der Waals surface area contributed by atoms with Gasteiger partial charge in [0.25, 0.3) is 0 Å². The number of imide groups is 1. The van der Waals surface area contributed by atoms with Crippen molar-refractivity contribution < 1.29 is 19.5 Å². The first-order valence-corrected chi connectivity index (χ1v) is 6.53. The largest absolute Gasteiger partial charge is 0.481 e. The Morgan fingerprint density at radius 2 is 1.83 bits per heavy atom. The number of piperidine rings is 1. The highest BCUT2D eigenvalue weighted by Crippen LogP contribution is 2.47. The van der Waals surface area contributed by atoms with Gasteiger partial charge in [0.1, 0.15) is 0 Å². The van der Waals surface area contributed by atoms with Crippen molar-refractivity contribution in [3.05, 3.63) is 0 Å². The van der Waals surface area contributed by atoms with Crippen LogP contribution in [-0.4, -0.2) is 33.8 Å². The first-order valence-electron chi connectivity index (χ1n) is 6.53. The summed E-state index contributed by atoms with van der Waals surface area (Å²) in [5, 5.41) is 8.76. The van der Waals surface area contributed by atoms with E-state index in [0.717, 1.165) is 12.8 Å². The maximum atomic E-state index is 11.8. The average molecular weight is 253 g/mol. The van der Waals surface area contributed by atoms with Gasteiger partial charge in [-0.15, -0.1) is 0 Å². The monoisotopic (exact) mass is 253 g/mol. The fourth-order valence-electron chi connectivity index (χ4n) is 2.61. The number of carboxylic acids is 1. The van der Waals surface area contributed by atoms with Crippen LogP contribution in [0.25, 0.3) is 0 Å². The highest BCUT2D eigenvalue weighted by Gasteiger charge is 2.59. The number of likely N-dealkylation sites (tertiary alicyclic amines) is 1. The lowest BCUT2D eigenvalue weighted by Crippen LogP contribution is -2.40. The molecule has 2 aliphatic rings. The lowest BCUT2D eigenvalue weighted by Gasteiger charge is -2.24. The molecule has 5 heteroatoms. The molecule has 1 saturated carbocycles. The summed E-state index contributed by atoms with van der Waals surface area (Å²) in [7, 11) is 0. The van der Waals surface area contributed by atoms with Gasteiger partial charge in [-0.25, -0.2) is 0 Å². The summed E-state index contributed by atoms with van der Waals surface area (Å²) in [5.41, 5.74) is 0. The molecule has 4 atom stereocenters. The van der Waals surface area contributed by atoms with Crippen molar-refractivity contribution in [1.82, 2.24) is 4.90 Å². The van der Waals surface area contributed by atoms with E-state index in [4.69, 9.17) is 5.11 Å². The molecule has 1 N–H and O–H groups in total. The number of fused-ring (bicyclic) bond motifs is 1. The number of rotatable bonds is 6. The summed E-state index contributed by atoms with van der Waals surface area (Å²) in [6, 6.07) is -0.0983. The predicted octanol–water partition coefficient (Wildman–Crippen LogP) is 1.27. The molecule has 1 aliphatic carbocycles. The van der Waals surface area contributed by atoms with Crippen molar-refractivity contribution in [2.45, 2.75) is 45.6 Å². The molecule has 18 heavy (non-hydrogen) atoms. The summed E-state index contributed by atoms with van der Waals surface area (Å²) in [6.07, 6.45) is 2.73. The van der Waals surface area contributed by atoms with E-state index in [0.29, 0.717) is 12.8 Å². The Hall–Kier alpha value is -1.39. The van der Waals surface area contributed by atoms with Gasteiger partial charge < -0.3 is 5.11 Å². The van der Waals surface area contributed by atoms with Crippen molar-refractivity contribution in [2.24, 2.45) is 17.8 Å². The van der Waals surface area contributed by atoms with Gasteiger partial charge in [-0.3, -0.25) is 19.3 Å². The lowest BCUT2D eigenvalue weighted by molar-refractivity contribution is -0.144. The van der Waals surface area contributed by atoms with Crippen LogP contribution in [0.3, 0.4) is 0 Å². The SMILES string of the molecule is CC(CCCC(C)N1C(=O)C2CC2C1=O)C(=O)O. The molecule has 0 radical (unpaired) electrons. The second kappa shape index (κ2) is 4.71. The molecule has 4 unspecified atom stereocenters. The van der Waals surface area contributed by atoms with Crippen molar-refractivity contribution in [2.75, 3.05) is 0 Å². The van der Waals surface area contributed by atoms with Gasteiger partial charge in [0.2, 0.25) is 11.8 Å². The molecule has 1 aliphatic heterocycles. The summed E-state index contributed by atoms with van der Waals surface area (Å²) in [6.45, 7) is 3.54. The summed E-state index contributed by atoms with van der Waals surface area (Å²) >= 11 is 0. The van der Waals surface area contributed by atoms with Crippen LogP contribution in [0.4, 0.5) is 0 Å². The zero-order valence-electron chi connectivity index (χ0n) is 10.8. The smallest absolute Gasteiger partial charge is 0.306 e. The molecule has 2 amide bonds. The number of carboxylic acid groups (broad SMARTS) is 1. The molecule has 2 rings (SSSR count). The van der Waals surface area contributed by atoms with Crippen molar-refractivity contribution >= 4 is 17.8 Å². The number of hydrogen-bond acceptors (Lipinski definition) is 3. The molecule has 0 spiro atoms. The molecule has 1 heterocycles. The molecular weight excluding hydrogens is 234 g/mol. The van der Waals surface area contributed by atoms with Crippen LogP contribution in [0.1, 0.15) is 39.5 Å². The van der Waals surface area contributed by atoms with Crippen LogP contribution in [-0.2, 0) is 14.4 Å². The standard InChI is InChI=1S/C13H19NO4/c1-7(13(17)18)4-3-5-8(2)14-11(15)9-6-10(9)12(14)16/h7-10H,3-6H2,1-2H3,(H,17,18). The van der Waals surface area contributed by atoms with Gasteiger partial charge in [-0.05, 0) is 26.2 Å². The van der Waals surface area contributed by atoms with Crippen LogP contribution < -0.4 is 0 Å². The van der Waals surface area contributed by atoms with Gasteiger partial charge >= 0.3 is 5.97 Å². The first kappa shape index (κ1) is 13.1. The predicted molar refractivity (Wildman–Crippen MR) is 63.6 cm³/mol. The number of aliphatic carboxylic acids is 1. The Labute approximate surface area is 106 Å². The number of amides is 2. The Morgan fingerprint density at radius 3 is 2.33 bits per heavy atom. The first-order chi connectivity index (χ1) is 8.43. The van der Waals surface area contributed by atoms with Crippen LogP contribution in [0.2, 0.25) is 0 Å². The topological polar surface area (TPSA) is 74.7 Å². The minimum Gasteiger partial charge on any atom is -0.481 e. The summed E-state index contributed by atoms with van der Waals surface area (Å²) < 4.78 is 0. The lowest BCUT2D eigenvalue weighted by atomic mass is 10.0. The maximum Gasteiger partial charge on any atom is 0.306 e. The van der Waals surface area contributed by atoms with Crippen LogP contribution in [0, 0.1) is 17.8 Å². The van der Waals surface area contributed by atoms with Crippen LogP contribution >= 0.6 is 0 Å². The third-order valence-corrected chi connectivity index (χ3v) is 4.02. The summed E-state index contributed by atoms with van der Waals surface area (Å²) in [4.78, 5) is 35.7. The van der Waals surface area contributed by atoms with Crippen molar-refractivity contribution in [3.63, 3.8) is 0 Å². The van der Waals surface area contributed by atoms with Crippen LogP contribution in [0.15, 0.2) is 0 Å². The second-order valence-corrected chi connectivity index (χ2v) is 5.51. The van der Waals surface area contributed by atoms with Gasteiger partial charge in [0.15, 0.2) is 0 Å². The Balaban J connectivity index is 1.78. The number of carbonyl (C=O) groups is 3. The maximum absolute atomic E-state index is 11.8. The molecule has 0 aromatic heterocycles. The third kappa shape index (κ3) is 2.26. The molecular formula is C13H19NO4. The van der Waals surface area contributed by atoms with Crippen LogP contribution in [0.5, 0.6) is 0 Å². The third-order valence-electron chi connectivity index (χ3n) is 4.02. The van der Waals surface area contributed by atoms with E-state index in [2.05, 4.69) is 0 Å². The molecule has 0 bridgehead atoms. The molecule has 2 fully saturated rings. The Kier molecular flexibility index (Phi) is 3.41. The molecule has 5 nitrogen and oxygen atoms in total. The van der Waals surface area contributed by atoms with E-state index in [1.165, 1.54) is 4.90 Å². The van der Waals surface area contributed by atoms with E-state index in [-0.39, 0.29) is 35.6 Å². The quantitative estimate of drug-likeness (QED) is 0.723. The zero-order chi connectivity index (χ0) is 13.4. The van der Waals surface area contributed by atoms with Crippen molar-refractivity contribution in [1.29, 1.82) is 0 Å². The van der Waals surface area contributed by atoms with Crippen molar-refractivity contribution in [3.8, 4) is 0 Å². The number of hydrogen-bond donors (Lipinski definition) is 1. The van der Waals surface area contributed by atoms with Gasteiger partial charge in [-0.1, -0.05) is 13.3 Å². The fraction of sp³-hybridized carbons (Fsp3) is 0.769. The fourth-order valence-corrected chi connectivity index (χ4v) is 2.61. The second-order valence-electron chi connectivity index (χ2n) is 5.51. The minimum atomic E-state index is -0.794. The minimum absolute atomic E-state index is 0.0243. The molecule has 100 valence electrons. The number of nitrogens with zero attached hydrogens (tertiary/aromatic N) is 1. The highest BCUT2D eigenvalue weighted by atomic mass is 16.4. The zero-order valence-corrected chi connectivity index (χ0v) is 10.8. The van der Waals surface area contributed by atoms with E-state index in [9.17, 15) is 14.4 Å². The van der Waals surface area contributed by atoms with Gasteiger partial charge in [0.05, 0.1) is 17.8 Å². The van der Waals surface area contributed by atoms with E-state index < -0.39 is 5.97 Å². The van der Waals surface area contributed by atoms with E-state index in [1.807, 2.05) is 6.92 Å². The highest BCUT2D eigenvalue weighted by molar-refractivity contribution is 6.09. The normalized spacial score (nSPS) is 29.1. The Morgan fingerprint density at radius 1 is 1.28 bits per heavy atom. The average Bonchev–Trinajstić information content (AvgIpc) is 3.03. The summed E-state index contributed by atoms with van der Waals surface area (Å²) in [5.74, 6) is -1.30. The van der Waals surface area contributed by atoms with Gasteiger partial charge in [0, 0.05) is 6.04 Å². The van der Waals surface area contributed by atoms with Gasteiger partial charge in [-0.2, -0.15) is 0 Å². The number of carbonyl (C=O) groups excluding carboxylic acids is 2. The van der Waals surface area contributed by atoms with E-state index in [1.54, 1.807) is 6.92 Å². The Bertz CT molecular complexity index is 372. The molecule has 0 aromatic carbocycles. The molecule has 1 saturated heterocycles. The van der Waals surface area contributed by atoms with E-state index >= 15 is 0 Å².